The highest BCUT2D eigenvalue weighted by atomic mass is 16.5. The predicted octanol–water partition coefficient (Wildman–Crippen LogP) is 1.48. The number of nitrogens with zero attached hydrogens (tertiary/aromatic N) is 4. The predicted molar refractivity (Wildman–Crippen MR) is 80.2 cm³/mol. The van der Waals surface area contributed by atoms with Gasteiger partial charge in [0.05, 0.1) is 6.42 Å². The Hall–Kier alpha value is -2.50. The van der Waals surface area contributed by atoms with E-state index in [1.54, 1.807) is 24.7 Å². The molecule has 6 nitrogen and oxygen atoms in total. The third kappa shape index (κ3) is 3.78. The highest BCUT2D eigenvalue weighted by molar-refractivity contribution is 5.78. The zero-order valence-corrected chi connectivity index (χ0v) is 12.3. The molecule has 1 aliphatic rings. The Kier molecular flexibility index (Phi) is 4.58. The van der Waals surface area contributed by atoms with Crippen LogP contribution in [0.3, 0.4) is 0 Å². The van der Waals surface area contributed by atoms with E-state index in [9.17, 15) is 4.79 Å². The highest BCUT2D eigenvalue weighted by Gasteiger charge is 2.24. The van der Waals surface area contributed by atoms with E-state index in [-0.39, 0.29) is 12.0 Å². The smallest absolute Gasteiger partial charge is 0.227 e. The number of amides is 1. The molecule has 0 aliphatic carbocycles. The quantitative estimate of drug-likeness (QED) is 0.855. The molecular formula is C16H18N4O2. The van der Waals surface area contributed by atoms with E-state index in [0.717, 1.165) is 31.5 Å². The van der Waals surface area contributed by atoms with E-state index in [0.29, 0.717) is 12.3 Å². The maximum Gasteiger partial charge on any atom is 0.227 e. The second kappa shape index (κ2) is 6.98. The first-order valence-corrected chi connectivity index (χ1v) is 7.40. The second-order valence-electron chi connectivity index (χ2n) is 5.28. The van der Waals surface area contributed by atoms with Crippen molar-refractivity contribution < 1.29 is 9.53 Å². The van der Waals surface area contributed by atoms with Gasteiger partial charge in [-0.25, -0.2) is 9.97 Å². The monoisotopic (exact) mass is 298 g/mol. The van der Waals surface area contributed by atoms with Crippen LogP contribution in [-0.4, -0.2) is 45.0 Å². The fourth-order valence-electron chi connectivity index (χ4n) is 2.53. The zero-order valence-electron chi connectivity index (χ0n) is 12.3. The Bertz CT molecular complexity index is 598. The van der Waals surface area contributed by atoms with Crippen LogP contribution in [0.2, 0.25) is 0 Å². The molecule has 0 N–H and O–H groups in total. The number of likely N-dealkylation sites (tertiary alicyclic amines) is 1. The van der Waals surface area contributed by atoms with Gasteiger partial charge >= 0.3 is 0 Å². The van der Waals surface area contributed by atoms with E-state index in [1.807, 2.05) is 17.0 Å². The summed E-state index contributed by atoms with van der Waals surface area (Å²) in [7, 11) is 0. The molecule has 0 saturated carbocycles. The van der Waals surface area contributed by atoms with E-state index in [4.69, 9.17) is 4.74 Å². The molecule has 3 rings (SSSR count). The lowest BCUT2D eigenvalue weighted by Gasteiger charge is -2.32. The molecule has 0 radical (unpaired) electrons. The van der Waals surface area contributed by atoms with Gasteiger partial charge in [-0.2, -0.15) is 0 Å². The molecule has 0 bridgehead atoms. The van der Waals surface area contributed by atoms with Gasteiger partial charge < -0.3 is 9.64 Å². The number of carbonyl (C=O) groups is 1. The number of hydrogen-bond acceptors (Lipinski definition) is 5. The molecule has 1 fully saturated rings. The van der Waals surface area contributed by atoms with Crippen LogP contribution in [-0.2, 0) is 11.2 Å². The summed E-state index contributed by atoms with van der Waals surface area (Å²) < 4.78 is 5.80. The Labute approximate surface area is 129 Å². The summed E-state index contributed by atoms with van der Waals surface area (Å²) in [6.07, 6.45) is 8.75. The fourth-order valence-corrected chi connectivity index (χ4v) is 2.53. The maximum atomic E-state index is 12.3. The van der Waals surface area contributed by atoms with Gasteiger partial charge in [-0.05, 0) is 11.6 Å². The summed E-state index contributed by atoms with van der Waals surface area (Å²) in [4.78, 5) is 26.1. The van der Waals surface area contributed by atoms with Crippen molar-refractivity contribution in [2.45, 2.75) is 25.4 Å². The molecule has 1 saturated heterocycles. The minimum Gasteiger partial charge on any atom is -0.474 e. The topological polar surface area (TPSA) is 68.2 Å². The van der Waals surface area contributed by atoms with Crippen LogP contribution in [0.4, 0.5) is 0 Å². The van der Waals surface area contributed by atoms with Crippen LogP contribution in [0.25, 0.3) is 0 Å². The second-order valence-corrected chi connectivity index (χ2v) is 5.28. The first-order chi connectivity index (χ1) is 10.8. The molecule has 3 heterocycles. The third-order valence-electron chi connectivity index (χ3n) is 3.72. The largest absolute Gasteiger partial charge is 0.474 e. The Balaban J connectivity index is 1.48. The highest BCUT2D eigenvalue weighted by Crippen LogP contribution is 2.17. The van der Waals surface area contributed by atoms with Gasteiger partial charge in [0.15, 0.2) is 0 Å². The summed E-state index contributed by atoms with van der Waals surface area (Å²) in [5.74, 6) is 0.739. The van der Waals surface area contributed by atoms with E-state index >= 15 is 0 Å². The van der Waals surface area contributed by atoms with Crippen LogP contribution in [0.1, 0.15) is 18.4 Å². The molecule has 1 aliphatic heterocycles. The summed E-state index contributed by atoms with van der Waals surface area (Å²) in [5, 5.41) is 0. The van der Waals surface area contributed by atoms with Crippen LogP contribution in [0.5, 0.6) is 5.88 Å². The Morgan fingerprint density at radius 1 is 1.23 bits per heavy atom. The average molecular weight is 298 g/mol. The van der Waals surface area contributed by atoms with Gasteiger partial charge in [0.1, 0.15) is 12.4 Å². The Morgan fingerprint density at radius 3 is 2.77 bits per heavy atom. The van der Waals surface area contributed by atoms with Gasteiger partial charge in [-0.1, -0.05) is 6.07 Å². The van der Waals surface area contributed by atoms with Crippen molar-refractivity contribution in [3.05, 3.63) is 48.7 Å². The van der Waals surface area contributed by atoms with Gasteiger partial charge in [-0.3, -0.25) is 9.78 Å². The lowest BCUT2D eigenvalue weighted by atomic mass is 10.1. The van der Waals surface area contributed by atoms with Crippen molar-refractivity contribution in [1.29, 1.82) is 0 Å². The van der Waals surface area contributed by atoms with Crippen molar-refractivity contribution in [3.63, 3.8) is 0 Å². The van der Waals surface area contributed by atoms with Crippen molar-refractivity contribution in [2.24, 2.45) is 0 Å². The molecule has 1 amide bonds. The van der Waals surface area contributed by atoms with Crippen LogP contribution in [0.15, 0.2) is 43.1 Å². The molecule has 6 heteroatoms. The SMILES string of the molecule is O=C(Cc1cccnc1)N1CCC(Oc2ccncn2)CC1. The minimum atomic E-state index is 0.109. The molecule has 0 unspecified atom stereocenters. The van der Waals surface area contributed by atoms with Crippen molar-refractivity contribution in [1.82, 2.24) is 19.9 Å². The van der Waals surface area contributed by atoms with E-state index in [2.05, 4.69) is 15.0 Å². The van der Waals surface area contributed by atoms with Crippen LogP contribution in [0, 0.1) is 0 Å². The molecule has 2 aromatic heterocycles. The molecule has 2 aromatic rings. The minimum absolute atomic E-state index is 0.109. The van der Waals surface area contributed by atoms with Gasteiger partial charge in [-0.15, -0.1) is 0 Å². The van der Waals surface area contributed by atoms with Crippen molar-refractivity contribution in [3.8, 4) is 5.88 Å². The molecule has 0 atom stereocenters. The summed E-state index contributed by atoms with van der Waals surface area (Å²) in [5.41, 5.74) is 0.951. The lowest BCUT2D eigenvalue weighted by molar-refractivity contribution is -0.132. The third-order valence-corrected chi connectivity index (χ3v) is 3.72. The number of aromatic nitrogens is 3. The van der Waals surface area contributed by atoms with E-state index in [1.165, 1.54) is 6.33 Å². The molecule has 0 spiro atoms. The van der Waals surface area contributed by atoms with Gasteiger partial charge in [0, 0.05) is 50.6 Å². The fraction of sp³-hybridized carbons (Fsp3) is 0.375. The summed E-state index contributed by atoms with van der Waals surface area (Å²) in [6.45, 7) is 1.43. The number of carbonyl (C=O) groups excluding carboxylic acids is 1. The van der Waals surface area contributed by atoms with Crippen LogP contribution >= 0.6 is 0 Å². The number of ether oxygens (including phenoxy) is 1. The van der Waals surface area contributed by atoms with E-state index < -0.39 is 0 Å². The molecule has 114 valence electrons. The number of piperidine rings is 1. The van der Waals surface area contributed by atoms with Gasteiger partial charge in [0.25, 0.3) is 0 Å². The standard InChI is InChI=1S/C16H18N4O2/c21-16(10-13-2-1-6-17-11-13)20-8-4-14(5-9-20)22-15-3-7-18-12-19-15/h1-3,6-7,11-12,14H,4-5,8-10H2. The Morgan fingerprint density at radius 2 is 2.09 bits per heavy atom. The zero-order chi connectivity index (χ0) is 15.2. The molecule has 22 heavy (non-hydrogen) atoms. The number of hydrogen-bond donors (Lipinski definition) is 0. The number of rotatable bonds is 4. The average Bonchev–Trinajstić information content (AvgIpc) is 2.57. The first kappa shape index (κ1) is 14.4. The molecule has 0 aromatic carbocycles. The number of pyridine rings is 1. The summed E-state index contributed by atoms with van der Waals surface area (Å²) in [6, 6.07) is 5.53. The summed E-state index contributed by atoms with van der Waals surface area (Å²) >= 11 is 0. The van der Waals surface area contributed by atoms with Gasteiger partial charge in [0.2, 0.25) is 11.8 Å². The van der Waals surface area contributed by atoms with Crippen LogP contribution < -0.4 is 4.74 Å². The van der Waals surface area contributed by atoms with Crippen molar-refractivity contribution in [2.75, 3.05) is 13.1 Å². The first-order valence-electron chi connectivity index (χ1n) is 7.40. The molecular weight excluding hydrogens is 280 g/mol. The maximum absolute atomic E-state index is 12.3. The van der Waals surface area contributed by atoms with Crippen molar-refractivity contribution >= 4 is 5.91 Å². The lowest BCUT2D eigenvalue weighted by Crippen LogP contribution is -2.42. The normalized spacial score (nSPS) is 15.5.